The average molecular weight is 411 g/mol. The molecule has 2 aromatic rings. The van der Waals surface area contributed by atoms with Gasteiger partial charge in [0.2, 0.25) is 5.91 Å². The minimum atomic E-state index is -0.400. The second-order valence-corrected chi connectivity index (χ2v) is 8.89. The summed E-state index contributed by atoms with van der Waals surface area (Å²) in [5.41, 5.74) is 10.8. The van der Waals surface area contributed by atoms with Crippen LogP contribution in [0.1, 0.15) is 45.7 Å². The zero-order chi connectivity index (χ0) is 22.1. The lowest BCUT2D eigenvalue weighted by atomic mass is 9.74. The molecule has 1 aliphatic rings. The first-order valence-corrected chi connectivity index (χ1v) is 10.4. The number of nitrogens with zero attached hydrogens (tertiary/aromatic N) is 2. The molecule has 1 amide bonds. The van der Waals surface area contributed by atoms with E-state index in [2.05, 4.69) is 24.1 Å². The van der Waals surface area contributed by atoms with Crippen molar-refractivity contribution in [2.45, 2.75) is 46.1 Å². The second-order valence-electron chi connectivity index (χ2n) is 8.89. The molecule has 0 spiro atoms. The van der Waals surface area contributed by atoms with E-state index in [1.165, 1.54) is 0 Å². The topological polar surface area (TPSA) is 117 Å². The molecule has 0 bridgehead atoms. The molecule has 1 aromatic carbocycles. The maximum Gasteiger partial charge on any atom is 0.243 e. The van der Waals surface area contributed by atoms with Gasteiger partial charge in [0.05, 0.1) is 12.6 Å². The van der Waals surface area contributed by atoms with Crippen LogP contribution in [0.3, 0.4) is 0 Å². The summed E-state index contributed by atoms with van der Waals surface area (Å²) in [5, 5.41) is 21.3. The molecule has 1 fully saturated rings. The third-order valence-electron chi connectivity index (χ3n) is 5.87. The molecule has 0 aliphatic heterocycles. The molecule has 30 heavy (non-hydrogen) atoms. The van der Waals surface area contributed by atoms with Crippen LogP contribution in [0.4, 0.5) is 5.69 Å². The predicted molar refractivity (Wildman–Crippen MR) is 122 cm³/mol. The van der Waals surface area contributed by atoms with Gasteiger partial charge in [-0.1, -0.05) is 32.0 Å². The summed E-state index contributed by atoms with van der Waals surface area (Å²) in [4.78, 5) is 18.9. The van der Waals surface area contributed by atoms with E-state index in [9.17, 15) is 4.79 Å². The molecule has 1 aromatic heterocycles. The lowest BCUT2D eigenvalue weighted by Gasteiger charge is -2.32. The fraction of sp³-hybridized carbons (Fsp3) is 0.478. The summed E-state index contributed by atoms with van der Waals surface area (Å²) in [6.45, 7) is 6.50. The van der Waals surface area contributed by atoms with Gasteiger partial charge in [0.1, 0.15) is 0 Å². The van der Waals surface area contributed by atoms with E-state index in [1.54, 1.807) is 18.9 Å². The Morgan fingerprint density at radius 1 is 1.40 bits per heavy atom. The lowest BCUT2D eigenvalue weighted by molar-refractivity contribution is -0.119. The molecular weight excluding hydrogens is 378 g/mol. The van der Waals surface area contributed by atoms with E-state index in [1.807, 2.05) is 24.3 Å². The van der Waals surface area contributed by atoms with Crippen LogP contribution in [-0.2, 0) is 4.79 Å². The molecule has 5 N–H and O–H groups in total. The fourth-order valence-electron chi connectivity index (χ4n) is 3.93. The van der Waals surface area contributed by atoms with Crippen LogP contribution in [0.2, 0.25) is 0 Å². The Labute approximate surface area is 177 Å². The van der Waals surface area contributed by atoms with Crippen LogP contribution >= 0.6 is 0 Å². The Kier molecular flexibility index (Phi) is 6.33. The van der Waals surface area contributed by atoms with Gasteiger partial charge in [-0.2, -0.15) is 0 Å². The number of hydrogen-bond donors (Lipinski definition) is 4. The molecule has 0 radical (unpaired) electrons. The Bertz CT molecular complexity index is 989. The highest BCUT2D eigenvalue weighted by atomic mass is 16.3. The number of amides is 1. The van der Waals surface area contributed by atoms with Crippen LogP contribution in [0.5, 0.6) is 0 Å². The quantitative estimate of drug-likeness (QED) is 0.584. The zero-order valence-corrected chi connectivity index (χ0v) is 18.2. The number of allylic oxidation sites excluding steroid dienone is 1. The van der Waals surface area contributed by atoms with Crippen molar-refractivity contribution >= 4 is 33.9 Å². The van der Waals surface area contributed by atoms with Crippen molar-refractivity contribution in [2.24, 2.45) is 11.1 Å². The number of nitrogens with one attached hydrogen (secondary N) is 2. The molecule has 0 saturated heterocycles. The van der Waals surface area contributed by atoms with Crippen LogP contribution in [-0.4, -0.2) is 43.0 Å². The molecule has 7 nitrogen and oxygen atoms in total. The zero-order valence-electron chi connectivity index (χ0n) is 18.2. The molecule has 1 aliphatic carbocycles. The van der Waals surface area contributed by atoms with Gasteiger partial charge in [0.15, 0.2) is 0 Å². The van der Waals surface area contributed by atoms with Crippen molar-refractivity contribution in [1.29, 1.82) is 5.41 Å². The van der Waals surface area contributed by atoms with Crippen LogP contribution in [0, 0.1) is 10.8 Å². The number of aliphatic hydroxyl groups excluding tert-OH is 1. The van der Waals surface area contributed by atoms with Gasteiger partial charge in [-0.3, -0.25) is 4.79 Å². The minimum absolute atomic E-state index is 0.0145. The first-order valence-electron chi connectivity index (χ1n) is 10.4. The number of fused-ring (bicyclic) bond motifs is 1. The smallest absolute Gasteiger partial charge is 0.243 e. The summed E-state index contributed by atoms with van der Waals surface area (Å²) in [6.07, 6.45) is 2.52. The number of carbonyl (C=O) groups is 1. The highest BCUT2D eigenvalue weighted by Crippen LogP contribution is 2.37. The monoisotopic (exact) mass is 410 g/mol. The van der Waals surface area contributed by atoms with E-state index in [0.717, 1.165) is 41.4 Å². The Hall–Kier alpha value is -2.64. The molecule has 1 atom stereocenters. The Morgan fingerprint density at radius 3 is 2.80 bits per heavy atom. The summed E-state index contributed by atoms with van der Waals surface area (Å²) in [6, 6.07) is 7.25. The van der Waals surface area contributed by atoms with Crippen LogP contribution < -0.4 is 20.9 Å². The summed E-state index contributed by atoms with van der Waals surface area (Å²) < 4.78 is 0. The van der Waals surface area contributed by atoms with Gasteiger partial charge >= 0.3 is 0 Å². The highest BCUT2D eigenvalue weighted by Gasteiger charge is 2.28. The minimum Gasteiger partial charge on any atom is -0.656 e. The molecule has 1 unspecified atom stereocenters. The van der Waals surface area contributed by atoms with Gasteiger partial charge < -0.3 is 31.5 Å². The largest absolute Gasteiger partial charge is 0.656 e. The van der Waals surface area contributed by atoms with Crippen molar-refractivity contribution in [2.75, 3.05) is 25.1 Å². The molecule has 7 heteroatoms. The molecule has 162 valence electrons. The molecule has 1 saturated carbocycles. The number of rotatable bonds is 6. The Morgan fingerprint density at radius 2 is 2.13 bits per heavy atom. The first-order chi connectivity index (χ1) is 14.1. The number of likely N-dealkylation sites (N-methyl/N-ethyl adjacent to an activating group) is 1. The normalized spacial score (nSPS) is 19.0. The predicted octanol–water partition coefficient (Wildman–Crippen LogP) is 2.63. The van der Waals surface area contributed by atoms with Gasteiger partial charge in [-0.05, 0) is 48.6 Å². The lowest BCUT2D eigenvalue weighted by Crippen LogP contribution is -2.44. The number of anilines is 1. The summed E-state index contributed by atoms with van der Waals surface area (Å²) >= 11 is 0. The summed E-state index contributed by atoms with van der Waals surface area (Å²) in [5.74, 6) is -0.0884. The maximum absolute atomic E-state index is 12.6. The molecule has 1 heterocycles. The van der Waals surface area contributed by atoms with Crippen molar-refractivity contribution in [3.63, 3.8) is 0 Å². The highest BCUT2D eigenvalue weighted by molar-refractivity contribution is 6.05. The van der Waals surface area contributed by atoms with Gasteiger partial charge in [0.25, 0.3) is 0 Å². The van der Waals surface area contributed by atoms with E-state index >= 15 is 0 Å². The summed E-state index contributed by atoms with van der Waals surface area (Å²) in [7, 11) is 1.73. The number of aromatic nitrogens is 1. The fourth-order valence-corrected chi connectivity index (χ4v) is 3.93. The Balaban J connectivity index is 1.85. The van der Waals surface area contributed by atoms with Crippen LogP contribution in [0.15, 0.2) is 29.8 Å². The number of benzene rings is 1. The van der Waals surface area contributed by atoms with Crippen molar-refractivity contribution in [3.05, 3.63) is 35.5 Å². The third kappa shape index (κ3) is 4.57. The van der Waals surface area contributed by atoms with Crippen molar-refractivity contribution in [1.82, 2.24) is 10.3 Å². The van der Waals surface area contributed by atoms with E-state index < -0.39 is 6.04 Å². The maximum atomic E-state index is 12.6. The SMILES string of the molecule is CC(NCCO)C(=O)N(C)c1ccc2cc(/C(N)=C3\CCC(C)(C)CC3=N)[n-]c2c1. The van der Waals surface area contributed by atoms with Crippen LogP contribution in [0.25, 0.3) is 16.6 Å². The molecular formula is C23H32N5O2-. The standard InChI is InChI=1S/C23H32N5O2/c1-14(26-9-10-29)22(30)28(4)16-6-5-15-11-20(27-19(15)12-16)21(25)17-7-8-23(2,3)13-18(17)24/h5-6,11-12,14,26,29H,7-10,13H2,1-4H3,(H3-,24,25,27)/q-1. The van der Waals surface area contributed by atoms with Gasteiger partial charge in [-0.15, -0.1) is 11.2 Å². The number of nitrogens with two attached hydrogens (primary N) is 1. The van der Waals surface area contributed by atoms with Crippen molar-refractivity contribution < 1.29 is 9.90 Å². The van der Waals surface area contributed by atoms with E-state index in [0.29, 0.717) is 23.6 Å². The van der Waals surface area contributed by atoms with E-state index in [-0.39, 0.29) is 17.9 Å². The van der Waals surface area contributed by atoms with Gasteiger partial charge in [-0.25, -0.2) is 0 Å². The number of carbonyl (C=O) groups excluding carboxylic acids is 1. The van der Waals surface area contributed by atoms with Gasteiger partial charge in [0, 0.05) is 30.7 Å². The first kappa shape index (κ1) is 22.1. The second kappa shape index (κ2) is 8.62. The number of aliphatic hydroxyl groups is 1. The molecule has 3 rings (SSSR count). The number of hydrogen-bond acceptors (Lipinski definition) is 5. The van der Waals surface area contributed by atoms with Crippen molar-refractivity contribution in [3.8, 4) is 0 Å². The van der Waals surface area contributed by atoms with E-state index in [4.69, 9.17) is 16.2 Å². The average Bonchev–Trinajstić information content (AvgIpc) is 3.13. The third-order valence-corrected chi connectivity index (χ3v) is 5.87.